The zero-order chi connectivity index (χ0) is 14.1. The number of methoxy groups -OCH3 is 1. The van der Waals surface area contributed by atoms with E-state index in [9.17, 15) is 9.59 Å². The number of carbonyl (C=O) groups excluding carboxylic acids is 2. The molecule has 108 valence electrons. The van der Waals surface area contributed by atoms with Crippen LogP contribution in [0.2, 0.25) is 0 Å². The number of ketones is 1. The number of alkyl halides is 1. The Bertz CT molecular complexity index is 372. The molecule has 0 aromatic rings. The second kappa shape index (κ2) is 5.55. The summed E-state index contributed by atoms with van der Waals surface area (Å²) in [6.45, 7) is 2.23. The summed E-state index contributed by atoms with van der Waals surface area (Å²) in [5, 5.41) is 1.02. The molecular weight excluding hydrogens is 308 g/mol. The van der Waals surface area contributed by atoms with Crippen molar-refractivity contribution in [3.8, 4) is 0 Å². The maximum atomic E-state index is 12.4. The number of halogens is 1. The lowest BCUT2D eigenvalue weighted by atomic mass is 9.56. The van der Waals surface area contributed by atoms with E-state index >= 15 is 0 Å². The quantitative estimate of drug-likeness (QED) is 0.442. The molecule has 0 amide bonds. The molecule has 2 bridgehead atoms. The number of carbonyl (C=O) groups is 2. The molecule has 0 heterocycles. The molecule has 2 aliphatic rings. The average Bonchev–Trinajstić information content (AvgIpc) is 2.38. The maximum Gasteiger partial charge on any atom is 0.319 e. The predicted molar refractivity (Wildman–Crippen MR) is 77.2 cm³/mol. The Morgan fingerprint density at radius 1 is 1.47 bits per heavy atom. The number of fused-ring (bicyclic) bond motifs is 2. The molecule has 3 atom stereocenters. The van der Waals surface area contributed by atoms with E-state index in [-0.39, 0.29) is 17.2 Å². The van der Waals surface area contributed by atoms with Gasteiger partial charge in [0.2, 0.25) is 0 Å². The summed E-state index contributed by atoms with van der Waals surface area (Å²) >= 11 is 3.59. The van der Waals surface area contributed by atoms with Crippen LogP contribution >= 0.6 is 15.9 Å². The SMILES string of the molecule is COC(=O)[C@]12CCC[C@@H](CBr)C[C@@](C)(CCC1=O)C2. The van der Waals surface area contributed by atoms with Crippen molar-refractivity contribution in [3.63, 3.8) is 0 Å². The van der Waals surface area contributed by atoms with Crippen molar-refractivity contribution in [1.82, 2.24) is 0 Å². The van der Waals surface area contributed by atoms with Gasteiger partial charge in [-0.2, -0.15) is 0 Å². The van der Waals surface area contributed by atoms with Crippen molar-refractivity contribution in [2.45, 2.75) is 51.9 Å². The third-order valence-corrected chi connectivity index (χ3v) is 5.93. The third-order valence-electron chi connectivity index (χ3n) is 5.01. The standard InChI is InChI=1S/C15H23BrO3/c1-14-7-5-12(17)15(10-14,13(18)19-2)6-3-4-11(8-14)9-16/h11H,3-10H2,1-2H3/t11-,14-,15+/m1/s1. The lowest BCUT2D eigenvalue weighted by Crippen LogP contribution is -2.49. The van der Waals surface area contributed by atoms with Gasteiger partial charge < -0.3 is 4.74 Å². The fourth-order valence-corrected chi connectivity index (χ4v) is 4.63. The highest BCUT2D eigenvalue weighted by molar-refractivity contribution is 9.09. The van der Waals surface area contributed by atoms with Gasteiger partial charge in [0.15, 0.2) is 0 Å². The Kier molecular flexibility index (Phi) is 4.38. The van der Waals surface area contributed by atoms with E-state index in [1.807, 2.05) is 0 Å². The number of hydrogen-bond donors (Lipinski definition) is 0. The van der Waals surface area contributed by atoms with E-state index in [1.165, 1.54) is 7.11 Å². The molecule has 2 aliphatic carbocycles. The second-order valence-electron chi connectivity index (χ2n) is 6.60. The number of ether oxygens (including phenoxy) is 1. The van der Waals surface area contributed by atoms with Crippen LogP contribution in [0.1, 0.15) is 51.9 Å². The number of esters is 1. The van der Waals surface area contributed by atoms with Crippen molar-refractivity contribution in [3.05, 3.63) is 0 Å². The Morgan fingerprint density at radius 2 is 2.21 bits per heavy atom. The topological polar surface area (TPSA) is 43.4 Å². The van der Waals surface area contributed by atoms with Crippen molar-refractivity contribution in [2.24, 2.45) is 16.7 Å². The summed E-state index contributed by atoms with van der Waals surface area (Å²) in [6, 6.07) is 0. The first-order valence-corrected chi connectivity index (χ1v) is 8.26. The molecule has 3 nitrogen and oxygen atoms in total. The van der Waals surface area contributed by atoms with E-state index in [4.69, 9.17) is 4.74 Å². The Balaban J connectivity index is 2.31. The van der Waals surface area contributed by atoms with E-state index in [0.717, 1.165) is 31.0 Å². The van der Waals surface area contributed by atoms with E-state index < -0.39 is 5.41 Å². The summed E-state index contributed by atoms with van der Waals surface area (Å²) < 4.78 is 4.96. The first-order valence-electron chi connectivity index (χ1n) is 7.13. The molecule has 2 fully saturated rings. The number of rotatable bonds is 2. The minimum absolute atomic E-state index is 0.0982. The van der Waals surface area contributed by atoms with Gasteiger partial charge in [0, 0.05) is 11.8 Å². The van der Waals surface area contributed by atoms with Crippen LogP contribution in [0.25, 0.3) is 0 Å². The lowest BCUT2D eigenvalue weighted by Gasteiger charge is -2.46. The first kappa shape index (κ1) is 15.0. The molecule has 0 spiro atoms. The maximum absolute atomic E-state index is 12.4. The molecular formula is C15H23BrO3. The van der Waals surface area contributed by atoms with Crippen LogP contribution in [0.15, 0.2) is 0 Å². The van der Waals surface area contributed by atoms with Crippen LogP contribution in [0.5, 0.6) is 0 Å². The van der Waals surface area contributed by atoms with Crippen molar-refractivity contribution in [2.75, 3.05) is 12.4 Å². The molecule has 19 heavy (non-hydrogen) atoms. The van der Waals surface area contributed by atoms with Gasteiger partial charge in [-0.3, -0.25) is 9.59 Å². The van der Waals surface area contributed by atoms with Crippen molar-refractivity contribution in [1.29, 1.82) is 0 Å². The number of Topliss-reactive ketones (excluding diaryl/α,β-unsaturated/α-hetero) is 1. The fourth-order valence-electron chi connectivity index (χ4n) is 4.08. The van der Waals surface area contributed by atoms with Gasteiger partial charge >= 0.3 is 5.97 Å². The molecule has 0 saturated heterocycles. The Hall–Kier alpha value is -0.380. The van der Waals surface area contributed by atoms with Crippen LogP contribution in [0, 0.1) is 16.7 Å². The van der Waals surface area contributed by atoms with Crippen LogP contribution < -0.4 is 0 Å². The zero-order valence-electron chi connectivity index (χ0n) is 11.8. The Labute approximate surface area is 123 Å². The van der Waals surface area contributed by atoms with Crippen LogP contribution in [-0.2, 0) is 14.3 Å². The van der Waals surface area contributed by atoms with E-state index in [0.29, 0.717) is 25.2 Å². The lowest BCUT2D eigenvalue weighted by molar-refractivity contribution is -0.165. The molecule has 4 heteroatoms. The molecule has 0 unspecified atom stereocenters. The summed E-state index contributed by atoms with van der Waals surface area (Å²) in [4.78, 5) is 24.6. The van der Waals surface area contributed by atoms with Crippen LogP contribution in [0.3, 0.4) is 0 Å². The second-order valence-corrected chi connectivity index (χ2v) is 7.25. The van der Waals surface area contributed by atoms with Gasteiger partial charge in [0.05, 0.1) is 7.11 Å². The molecule has 0 aromatic carbocycles. The monoisotopic (exact) mass is 330 g/mol. The van der Waals surface area contributed by atoms with Crippen LogP contribution in [-0.4, -0.2) is 24.2 Å². The van der Waals surface area contributed by atoms with Gasteiger partial charge in [-0.1, -0.05) is 29.3 Å². The Morgan fingerprint density at radius 3 is 2.84 bits per heavy atom. The number of hydrogen-bond acceptors (Lipinski definition) is 3. The summed E-state index contributed by atoms with van der Waals surface area (Å²) in [7, 11) is 1.40. The molecule has 0 aromatic heterocycles. The highest BCUT2D eigenvalue weighted by Gasteiger charge is 2.54. The highest BCUT2D eigenvalue weighted by atomic mass is 79.9. The summed E-state index contributed by atoms with van der Waals surface area (Å²) in [6.07, 6.45) is 5.91. The minimum atomic E-state index is -0.848. The predicted octanol–water partition coefficient (Wildman–Crippen LogP) is 3.49. The van der Waals surface area contributed by atoms with Gasteiger partial charge in [-0.15, -0.1) is 0 Å². The third kappa shape index (κ3) is 2.74. The van der Waals surface area contributed by atoms with E-state index in [2.05, 4.69) is 22.9 Å². The van der Waals surface area contributed by atoms with Crippen LogP contribution in [0.4, 0.5) is 0 Å². The highest BCUT2D eigenvalue weighted by Crippen LogP contribution is 2.52. The average molecular weight is 331 g/mol. The fraction of sp³-hybridized carbons (Fsp3) is 0.867. The van der Waals surface area contributed by atoms with Gasteiger partial charge in [0.25, 0.3) is 0 Å². The smallest absolute Gasteiger partial charge is 0.319 e. The summed E-state index contributed by atoms with van der Waals surface area (Å²) in [5.41, 5.74) is -0.750. The van der Waals surface area contributed by atoms with Crippen molar-refractivity contribution < 1.29 is 14.3 Å². The first-order chi connectivity index (χ1) is 8.96. The largest absolute Gasteiger partial charge is 0.468 e. The minimum Gasteiger partial charge on any atom is -0.468 e. The molecule has 0 aliphatic heterocycles. The summed E-state index contributed by atoms with van der Waals surface area (Å²) in [5.74, 6) is 0.462. The molecule has 2 rings (SSSR count). The van der Waals surface area contributed by atoms with Gasteiger partial charge in [0.1, 0.15) is 11.2 Å². The van der Waals surface area contributed by atoms with Gasteiger partial charge in [-0.25, -0.2) is 0 Å². The molecule has 0 N–H and O–H groups in total. The molecule has 0 radical (unpaired) electrons. The van der Waals surface area contributed by atoms with Gasteiger partial charge in [-0.05, 0) is 43.4 Å². The molecule has 2 saturated carbocycles. The van der Waals surface area contributed by atoms with E-state index in [1.54, 1.807) is 0 Å². The van der Waals surface area contributed by atoms with Crippen molar-refractivity contribution >= 4 is 27.7 Å². The normalized spacial score (nSPS) is 39.3. The zero-order valence-corrected chi connectivity index (χ0v) is 13.4.